The smallest absolute Gasteiger partial charge is 0.416 e. The lowest BCUT2D eigenvalue weighted by Gasteiger charge is -2.11. The zero-order valence-corrected chi connectivity index (χ0v) is 12.3. The molecule has 1 aromatic carbocycles. The molecule has 0 saturated heterocycles. The van der Waals surface area contributed by atoms with Crippen molar-refractivity contribution in [1.82, 2.24) is 4.57 Å². The van der Waals surface area contributed by atoms with Gasteiger partial charge in [-0.05, 0) is 32.0 Å². The minimum absolute atomic E-state index is 0.159. The lowest BCUT2D eigenvalue weighted by Crippen LogP contribution is -2.23. The molecular formula is C15H17F3N2O2. The molecule has 22 heavy (non-hydrogen) atoms. The van der Waals surface area contributed by atoms with Crippen LogP contribution in [0.4, 0.5) is 13.2 Å². The Morgan fingerprint density at radius 2 is 2.05 bits per heavy atom. The summed E-state index contributed by atoms with van der Waals surface area (Å²) in [6.07, 6.45) is -2.85. The molecule has 0 amide bonds. The number of alkyl halides is 3. The van der Waals surface area contributed by atoms with Crippen molar-refractivity contribution in [2.24, 2.45) is 5.73 Å². The predicted octanol–water partition coefficient (Wildman–Crippen LogP) is 3.24. The number of hydrogen-bond acceptors (Lipinski definition) is 3. The zero-order valence-electron chi connectivity index (χ0n) is 12.3. The average molecular weight is 314 g/mol. The van der Waals surface area contributed by atoms with Crippen LogP contribution in [0, 0.1) is 0 Å². The van der Waals surface area contributed by atoms with Crippen LogP contribution in [-0.4, -0.2) is 17.1 Å². The third-order valence-corrected chi connectivity index (χ3v) is 3.46. The van der Waals surface area contributed by atoms with Gasteiger partial charge in [0.1, 0.15) is 6.04 Å². The highest BCUT2D eigenvalue weighted by Gasteiger charge is 2.31. The van der Waals surface area contributed by atoms with E-state index in [1.54, 1.807) is 17.7 Å². The van der Waals surface area contributed by atoms with Crippen LogP contribution >= 0.6 is 0 Å². The molecule has 1 unspecified atom stereocenters. The Kier molecular flexibility index (Phi) is 4.46. The number of hydrogen-bond donors (Lipinski definition) is 1. The second-order valence-corrected chi connectivity index (χ2v) is 4.83. The van der Waals surface area contributed by atoms with Crippen LogP contribution in [0.1, 0.15) is 31.0 Å². The van der Waals surface area contributed by atoms with E-state index < -0.39 is 23.8 Å². The molecule has 2 aromatic rings. The third kappa shape index (κ3) is 2.94. The minimum atomic E-state index is -4.45. The van der Waals surface area contributed by atoms with E-state index in [2.05, 4.69) is 0 Å². The SMILES string of the molecule is CCOC(=O)C(N)c1cn(CC)c2ccc(C(F)(F)F)cc12. The zero-order chi connectivity index (χ0) is 16.5. The molecule has 0 spiro atoms. The number of benzene rings is 1. The quantitative estimate of drug-likeness (QED) is 0.881. The van der Waals surface area contributed by atoms with E-state index in [0.29, 0.717) is 23.0 Å². The molecular weight excluding hydrogens is 297 g/mol. The maximum absolute atomic E-state index is 12.9. The number of nitrogens with two attached hydrogens (primary N) is 1. The summed E-state index contributed by atoms with van der Waals surface area (Å²) in [7, 11) is 0. The molecule has 0 fully saturated rings. The largest absolute Gasteiger partial charge is 0.465 e. The van der Waals surface area contributed by atoms with Gasteiger partial charge >= 0.3 is 12.1 Å². The first-order chi connectivity index (χ1) is 10.3. The summed E-state index contributed by atoms with van der Waals surface area (Å²) in [6.45, 7) is 4.21. The highest BCUT2D eigenvalue weighted by molar-refractivity contribution is 5.90. The Hall–Kier alpha value is -2.02. The van der Waals surface area contributed by atoms with Crippen LogP contribution < -0.4 is 5.73 Å². The van der Waals surface area contributed by atoms with Crippen molar-refractivity contribution in [2.45, 2.75) is 32.6 Å². The first-order valence-electron chi connectivity index (χ1n) is 6.91. The fourth-order valence-electron chi connectivity index (χ4n) is 2.37. The molecule has 4 nitrogen and oxygen atoms in total. The van der Waals surface area contributed by atoms with Gasteiger partial charge in [0.2, 0.25) is 0 Å². The van der Waals surface area contributed by atoms with E-state index in [9.17, 15) is 18.0 Å². The molecule has 0 aliphatic carbocycles. The van der Waals surface area contributed by atoms with E-state index in [4.69, 9.17) is 10.5 Å². The molecule has 2 N–H and O–H groups in total. The lowest BCUT2D eigenvalue weighted by molar-refractivity contribution is -0.144. The second kappa shape index (κ2) is 6.00. The summed E-state index contributed by atoms with van der Waals surface area (Å²) in [6, 6.07) is 2.33. The van der Waals surface area contributed by atoms with Gasteiger partial charge in [-0.2, -0.15) is 13.2 Å². The molecule has 120 valence electrons. The highest BCUT2D eigenvalue weighted by Crippen LogP contribution is 2.34. The summed E-state index contributed by atoms with van der Waals surface area (Å²) in [5, 5.41) is 0.317. The number of esters is 1. The summed E-state index contributed by atoms with van der Waals surface area (Å²) >= 11 is 0. The first-order valence-corrected chi connectivity index (χ1v) is 6.91. The van der Waals surface area contributed by atoms with Gasteiger partial charge in [-0.1, -0.05) is 0 Å². The molecule has 1 atom stereocenters. The van der Waals surface area contributed by atoms with Crippen LogP contribution in [0.15, 0.2) is 24.4 Å². The van der Waals surface area contributed by atoms with Crippen LogP contribution in [0.3, 0.4) is 0 Å². The summed E-state index contributed by atoms with van der Waals surface area (Å²) in [5.74, 6) is -0.657. The molecule has 0 bridgehead atoms. The van der Waals surface area contributed by atoms with E-state index >= 15 is 0 Å². The number of halogens is 3. The highest BCUT2D eigenvalue weighted by atomic mass is 19.4. The van der Waals surface area contributed by atoms with Crippen molar-refractivity contribution in [3.05, 3.63) is 35.5 Å². The third-order valence-electron chi connectivity index (χ3n) is 3.46. The normalized spacial score (nSPS) is 13.4. The van der Waals surface area contributed by atoms with E-state index in [0.717, 1.165) is 12.1 Å². The Labute approximate surface area is 125 Å². The summed E-state index contributed by atoms with van der Waals surface area (Å²) in [4.78, 5) is 11.8. The van der Waals surface area contributed by atoms with Gasteiger partial charge in [0.15, 0.2) is 0 Å². The minimum Gasteiger partial charge on any atom is -0.465 e. The van der Waals surface area contributed by atoms with Gasteiger partial charge in [-0.25, -0.2) is 4.79 Å². The number of aromatic nitrogens is 1. The van der Waals surface area contributed by atoms with Gasteiger partial charge in [0, 0.05) is 29.2 Å². The second-order valence-electron chi connectivity index (χ2n) is 4.83. The molecule has 1 heterocycles. The fourth-order valence-corrected chi connectivity index (χ4v) is 2.37. The molecule has 0 radical (unpaired) electrons. The number of carbonyl (C=O) groups is 1. The maximum Gasteiger partial charge on any atom is 0.416 e. The maximum atomic E-state index is 12.9. The van der Waals surface area contributed by atoms with Gasteiger partial charge in [-0.15, -0.1) is 0 Å². The summed E-state index contributed by atoms with van der Waals surface area (Å²) in [5.41, 5.74) is 6.01. The van der Waals surface area contributed by atoms with Crippen molar-refractivity contribution < 1.29 is 22.7 Å². The van der Waals surface area contributed by atoms with Gasteiger partial charge in [0.25, 0.3) is 0 Å². The molecule has 0 saturated carbocycles. The van der Waals surface area contributed by atoms with Gasteiger partial charge < -0.3 is 15.0 Å². The number of fused-ring (bicyclic) bond motifs is 1. The lowest BCUT2D eigenvalue weighted by atomic mass is 10.0. The van der Waals surface area contributed by atoms with Crippen LogP contribution in [0.5, 0.6) is 0 Å². The van der Waals surface area contributed by atoms with Crippen molar-refractivity contribution in [1.29, 1.82) is 0 Å². The van der Waals surface area contributed by atoms with Crippen molar-refractivity contribution in [3.63, 3.8) is 0 Å². The predicted molar refractivity (Wildman–Crippen MR) is 76.2 cm³/mol. The standard InChI is InChI=1S/C15H17F3N2O2/c1-3-20-8-11(13(19)14(21)22-4-2)10-7-9(15(16,17)18)5-6-12(10)20/h5-8,13H,3-4,19H2,1-2H3. The molecule has 1 aromatic heterocycles. The number of aryl methyl sites for hydroxylation is 1. The van der Waals surface area contributed by atoms with Crippen molar-refractivity contribution in [2.75, 3.05) is 6.61 Å². The fraction of sp³-hybridized carbons (Fsp3) is 0.400. The molecule has 7 heteroatoms. The van der Waals surface area contributed by atoms with Crippen LogP contribution in [0.25, 0.3) is 10.9 Å². The first kappa shape index (κ1) is 16.4. The number of rotatable bonds is 4. The number of carbonyl (C=O) groups excluding carboxylic acids is 1. The van der Waals surface area contributed by atoms with Crippen molar-refractivity contribution >= 4 is 16.9 Å². The molecule has 0 aliphatic rings. The Balaban J connectivity index is 2.60. The van der Waals surface area contributed by atoms with Crippen LogP contribution in [-0.2, 0) is 22.3 Å². The average Bonchev–Trinajstić information content (AvgIpc) is 2.83. The number of nitrogens with zero attached hydrogens (tertiary/aromatic N) is 1. The molecule has 0 aliphatic heterocycles. The Morgan fingerprint density at radius 1 is 1.36 bits per heavy atom. The van der Waals surface area contributed by atoms with Gasteiger partial charge in [0.05, 0.1) is 12.2 Å². The molecule has 2 rings (SSSR count). The van der Waals surface area contributed by atoms with E-state index in [1.165, 1.54) is 6.07 Å². The monoisotopic (exact) mass is 314 g/mol. The van der Waals surface area contributed by atoms with Crippen LogP contribution in [0.2, 0.25) is 0 Å². The van der Waals surface area contributed by atoms with Crippen molar-refractivity contribution in [3.8, 4) is 0 Å². The Bertz CT molecular complexity index is 692. The van der Waals surface area contributed by atoms with Gasteiger partial charge in [-0.3, -0.25) is 0 Å². The van der Waals surface area contributed by atoms with E-state index in [1.807, 2.05) is 6.92 Å². The topological polar surface area (TPSA) is 57.2 Å². The Morgan fingerprint density at radius 3 is 2.59 bits per heavy atom. The number of ether oxygens (including phenoxy) is 1. The summed E-state index contributed by atoms with van der Waals surface area (Å²) < 4.78 is 45.3. The van der Waals surface area contributed by atoms with E-state index in [-0.39, 0.29) is 6.61 Å².